The van der Waals surface area contributed by atoms with Crippen LogP contribution in [0, 0.1) is 11.8 Å². The second-order valence-corrected chi connectivity index (χ2v) is 11.1. The summed E-state index contributed by atoms with van der Waals surface area (Å²) in [7, 11) is 0. The first-order chi connectivity index (χ1) is 17.2. The average molecular weight is 504 g/mol. The Hall–Kier alpha value is -2.28. The smallest absolute Gasteiger partial charge is 0.420 e. The molecule has 0 spiro atoms. The van der Waals surface area contributed by atoms with Gasteiger partial charge in [-0.3, -0.25) is 9.69 Å². The largest absolute Gasteiger partial charge is 0.490 e. The predicted molar refractivity (Wildman–Crippen MR) is 133 cm³/mol. The lowest BCUT2D eigenvalue weighted by Crippen LogP contribution is -2.52. The van der Waals surface area contributed by atoms with E-state index < -0.39 is 17.7 Å². The summed E-state index contributed by atoms with van der Waals surface area (Å²) in [5, 5.41) is 10.2. The third-order valence-electron chi connectivity index (χ3n) is 8.83. The fourth-order valence-corrected chi connectivity index (χ4v) is 6.83. The molecule has 3 fully saturated rings. The summed E-state index contributed by atoms with van der Waals surface area (Å²) >= 11 is 0. The molecule has 1 aliphatic carbocycles. The minimum Gasteiger partial charge on any atom is -0.490 e. The molecule has 0 amide bonds. The fraction of sp³-hybridized carbons (Fsp3) is 0.621. The van der Waals surface area contributed by atoms with E-state index in [1.54, 1.807) is 18.2 Å². The van der Waals surface area contributed by atoms with Crippen molar-refractivity contribution < 1.29 is 27.8 Å². The SMILES string of the molecule is CCC1CCC(Oc2ccc3cc(CN4C5CCCC4CC(C(=O)O)C5)ccc3c2C(F)(F)F)CC1. The van der Waals surface area contributed by atoms with Gasteiger partial charge in [0.1, 0.15) is 11.3 Å². The molecular formula is C29H36F3NO3. The van der Waals surface area contributed by atoms with Crippen molar-refractivity contribution in [1.29, 1.82) is 0 Å². The third-order valence-corrected chi connectivity index (χ3v) is 8.83. The number of hydrogen-bond acceptors (Lipinski definition) is 3. The van der Waals surface area contributed by atoms with Crippen molar-refractivity contribution in [2.24, 2.45) is 11.8 Å². The number of carboxylic acid groups (broad SMARTS) is 1. The van der Waals surface area contributed by atoms with Gasteiger partial charge in [-0.15, -0.1) is 0 Å². The topological polar surface area (TPSA) is 49.8 Å². The summed E-state index contributed by atoms with van der Waals surface area (Å²) in [4.78, 5) is 14.0. The van der Waals surface area contributed by atoms with E-state index in [1.807, 2.05) is 6.07 Å². The number of aliphatic carboxylic acids is 1. The van der Waals surface area contributed by atoms with Crippen LogP contribution in [0.25, 0.3) is 10.8 Å². The van der Waals surface area contributed by atoms with E-state index >= 15 is 0 Å². The van der Waals surface area contributed by atoms with Crippen LogP contribution in [-0.4, -0.2) is 34.2 Å². The quantitative estimate of drug-likeness (QED) is 0.446. The highest BCUT2D eigenvalue weighted by atomic mass is 19.4. The third kappa shape index (κ3) is 5.22. The first-order valence-electron chi connectivity index (χ1n) is 13.5. The number of alkyl halides is 3. The lowest BCUT2D eigenvalue weighted by molar-refractivity contribution is -0.146. The van der Waals surface area contributed by atoms with E-state index in [0.717, 1.165) is 56.9 Å². The highest BCUT2D eigenvalue weighted by Crippen LogP contribution is 2.43. The second-order valence-electron chi connectivity index (χ2n) is 11.1. The molecule has 1 N–H and O–H groups in total. The Morgan fingerprint density at radius 1 is 1.03 bits per heavy atom. The molecule has 4 nitrogen and oxygen atoms in total. The molecule has 2 heterocycles. The molecule has 5 rings (SSSR count). The molecule has 2 aromatic carbocycles. The number of piperidine rings is 2. The Balaban J connectivity index is 1.38. The van der Waals surface area contributed by atoms with Gasteiger partial charge in [0.2, 0.25) is 0 Å². The lowest BCUT2D eigenvalue weighted by Gasteiger charge is -2.48. The van der Waals surface area contributed by atoms with Crippen molar-refractivity contribution in [3.8, 4) is 5.75 Å². The molecule has 36 heavy (non-hydrogen) atoms. The number of ether oxygens (including phenoxy) is 1. The molecule has 2 saturated heterocycles. The van der Waals surface area contributed by atoms with E-state index in [1.165, 1.54) is 6.07 Å². The van der Waals surface area contributed by atoms with Crippen molar-refractivity contribution in [3.05, 3.63) is 41.5 Å². The van der Waals surface area contributed by atoms with Gasteiger partial charge in [-0.2, -0.15) is 13.2 Å². The van der Waals surface area contributed by atoms with Crippen molar-refractivity contribution in [3.63, 3.8) is 0 Å². The maximum atomic E-state index is 14.2. The van der Waals surface area contributed by atoms with Crippen molar-refractivity contribution in [2.45, 2.75) is 102 Å². The molecule has 1 saturated carbocycles. The van der Waals surface area contributed by atoms with Crippen LogP contribution < -0.4 is 4.74 Å². The fourth-order valence-electron chi connectivity index (χ4n) is 6.83. The predicted octanol–water partition coefficient (Wildman–Crippen LogP) is 7.42. The van der Waals surface area contributed by atoms with Crippen LogP contribution in [0.1, 0.15) is 82.3 Å². The highest BCUT2D eigenvalue weighted by Gasteiger charge is 2.41. The summed E-state index contributed by atoms with van der Waals surface area (Å²) in [6.45, 7) is 2.80. The Labute approximate surface area is 210 Å². The standard InChI is InChI=1S/C29H36F3NO3/c1-2-18-6-10-24(11-7-18)36-26-13-9-20-14-19(8-12-25(20)27(26)29(30,31)32)17-33-22-4-3-5-23(33)16-21(15-22)28(34)35/h8-9,12-14,18,21-24H,2-7,10-11,15-17H2,1H3,(H,34,35). The second kappa shape index (κ2) is 10.2. The average Bonchev–Trinajstić information content (AvgIpc) is 2.83. The maximum Gasteiger partial charge on any atom is 0.420 e. The summed E-state index contributed by atoms with van der Waals surface area (Å²) in [6.07, 6.45) is 4.41. The van der Waals surface area contributed by atoms with Crippen LogP contribution in [0.4, 0.5) is 13.2 Å². The summed E-state index contributed by atoms with van der Waals surface area (Å²) < 4.78 is 48.7. The van der Waals surface area contributed by atoms with Gasteiger partial charge in [0.15, 0.2) is 0 Å². The minimum absolute atomic E-state index is 0.0621. The number of rotatable bonds is 6. The Bertz CT molecular complexity index is 1080. The molecular weight excluding hydrogens is 467 g/mol. The Kier molecular flexibility index (Phi) is 7.21. The van der Waals surface area contributed by atoms with Crippen molar-refractivity contribution >= 4 is 16.7 Å². The number of halogens is 3. The van der Waals surface area contributed by atoms with E-state index in [2.05, 4.69) is 11.8 Å². The number of benzene rings is 2. The molecule has 2 aromatic rings. The number of nitrogens with zero attached hydrogens (tertiary/aromatic N) is 1. The van der Waals surface area contributed by atoms with Crippen LogP contribution in [-0.2, 0) is 17.5 Å². The molecule has 0 aromatic heterocycles. The van der Waals surface area contributed by atoms with Gasteiger partial charge in [-0.05, 0) is 85.8 Å². The number of carboxylic acids is 1. The van der Waals surface area contributed by atoms with Gasteiger partial charge < -0.3 is 9.84 Å². The highest BCUT2D eigenvalue weighted by molar-refractivity contribution is 5.89. The molecule has 7 heteroatoms. The summed E-state index contributed by atoms with van der Waals surface area (Å²) in [5.41, 5.74) is 0.288. The summed E-state index contributed by atoms with van der Waals surface area (Å²) in [6, 6.07) is 8.94. The zero-order valence-corrected chi connectivity index (χ0v) is 20.9. The van der Waals surface area contributed by atoms with Crippen molar-refractivity contribution in [2.75, 3.05) is 0 Å². The number of hydrogen-bond donors (Lipinski definition) is 1. The maximum absolute atomic E-state index is 14.2. The first-order valence-corrected chi connectivity index (χ1v) is 13.5. The molecule has 196 valence electrons. The molecule has 2 aliphatic heterocycles. The van der Waals surface area contributed by atoms with Crippen LogP contribution >= 0.6 is 0 Å². The lowest BCUT2D eigenvalue weighted by atomic mass is 9.78. The van der Waals surface area contributed by atoms with E-state index in [0.29, 0.717) is 30.7 Å². The summed E-state index contributed by atoms with van der Waals surface area (Å²) in [5.74, 6) is -0.421. The molecule has 2 unspecified atom stereocenters. The Morgan fingerprint density at radius 2 is 1.72 bits per heavy atom. The van der Waals surface area contributed by atoms with Gasteiger partial charge in [0.05, 0.1) is 12.0 Å². The zero-order valence-electron chi connectivity index (χ0n) is 20.9. The molecule has 0 radical (unpaired) electrons. The van der Waals surface area contributed by atoms with Gasteiger partial charge in [0, 0.05) is 18.6 Å². The number of carbonyl (C=O) groups is 1. The van der Waals surface area contributed by atoms with Crippen LogP contribution in [0.15, 0.2) is 30.3 Å². The minimum atomic E-state index is -4.51. The van der Waals surface area contributed by atoms with Crippen LogP contribution in [0.2, 0.25) is 0 Å². The van der Waals surface area contributed by atoms with Gasteiger partial charge in [0.25, 0.3) is 0 Å². The van der Waals surface area contributed by atoms with Gasteiger partial charge >= 0.3 is 12.1 Å². The van der Waals surface area contributed by atoms with Crippen LogP contribution in [0.3, 0.4) is 0 Å². The van der Waals surface area contributed by atoms with E-state index in [9.17, 15) is 23.1 Å². The van der Waals surface area contributed by atoms with E-state index in [-0.39, 0.29) is 35.2 Å². The van der Waals surface area contributed by atoms with Crippen LogP contribution in [0.5, 0.6) is 5.75 Å². The Morgan fingerprint density at radius 3 is 2.33 bits per heavy atom. The number of fused-ring (bicyclic) bond motifs is 3. The van der Waals surface area contributed by atoms with Gasteiger partial charge in [-0.25, -0.2) is 0 Å². The monoisotopic (exact) mass is 503 g/mol. The zero-order chi connectivity index (χ0) is 25.4. The molecule has 2 bridgehead atoms. The van der Waals surface area contributed by atoms with E-state index in [4.69, 9.17) is 4.74 Å². The molecule has 3 aliphatic rings. The van der Waals surface area contributed by atoms with Crippen molar-refractivity contribution in [1.82, 2.24) is 4.90 Å². The molecule has 2 atom stereocenters. The van der Waals surface area contributed by atoms with Gasteiger partial charge in [-0.1, -0.05) is 38.0 Å². The first kappa shape index (κ1) is 25.4. The normalized spacial score (nSPS) is 29.3.